The summed E-state index contributed by atoms with van der Waals surface area (Å²) in [4.78, 5) is 24.2. The number of rotatable bonds is 6. The molecule has 0 spiro atoms. The van der Waals surface area contributed by atoms with Gasteiger partial charge in [-0.25, -0.2) is 0 Å². The van der Waals surface area contributed by atoms with E-state index in [-0.39, 0.29) is 22.8 Å². The van der Waals surface area contributed by atoms with Gasteiger partial charge in [-0.15, -0.1) is 0 Å². The highest BCUT2D eigenvalue weighted by Gasteiger charge is 2.21. The molecule has 0 aromatic heterocycles. The average Bonchev–Trinajstić information content (AvgIpc) is 2.67. The zero-order valence-corrected chi connectivity index (χ0v) is 15.7. The molecule has 0 radical (unpaired) electrons. The number of hydrogen-bond donors (Lipinski definition) is 3. The minimum absolute atomic E-state index is 0.0143. The Morgan fingerprint density at radius 3 is 2.42 bits per heavy atom. The van der Waals surface area contributed by atoms with Gasteiger partial charge in [0.05, 0.1) is 6.61 Å². The van der Waals surface area contributed by atoms with Crippen LogP contribution >= 0.6 is 12.2 Å². The van der Waals surface area contributed by atoms with E-state index in [1.165, 1.54) is 6.42 Å². The van der Waals surface area contributed by atoms with Crippen LogP contribution in [0.2, 0.25) is 0 Å². The molecule has 3 N–H and O–H groups in total. The van der Waals surface area contributed by atoms with Crippen molar-refractivity contribution < 1.29 is 19.1 Å². The number of methoxy groups -OCH3 is 1. The van der Waals surface area contributed by atoms with Crippen LogP contribution in [-0.2, 0) is 9.53 Å². The van der Waals surface area contributed by atoms with Crippen molar-refractivity contribution in [1.29, 1.82) is 0 Å². The summed E-state index contributed by atoms with van der Waals surface area (Å²) in [5.74, 6) is 0.219. The summed E-state index contributed by atoms with van der Waals surface area (Å²) in [5, 5.41) is 2.59. The van der Waals surface area contributed by atoms with E-state index in [1.54, 1.807) is 31.4 Å². The van der Waals surface area contributed by atoms with Crippen LogP contribution < -0.4 is 20.9 Å². The minimum atomic E-state index is -0.363. The molecule has 0 saturated heterocycles. The molecule has 1 aromatic carbocycles. The van der Waals surface area contributed by atoms with Crippen molar-refractivity contribution in [3.05, 3.63) is 29.8 Å². The van der Waals surface area contributed by atoms with Crippen molar-refractivity contribution in [3.8, 4) is 5.75 Å². The number of carbonyl (C=O) groups is 2. The van der Waals surface area contributed by atoms with E-state index in [0.29, 0.717) is 24.5 Å². The molecular formula is C18H25N3O4S. The fourth-order valence-electron chi connectivity index (χ4n) is 2.74. The summed E-state index contributed by atoms with van der Waals surface area (Å²) in [6, 6.07) is 6.68. The second-order valence-corrected chi connectivity index (χ2v) is 6.51. The van der Waals surface area contributed by atoms with Gasteiger partial charge in [-0.05, 0) is 49.3 Å². The lowest BCUT2D eigenvalue weighted by Crippen LogP contribution is -2.50. The molecule has 26 heavy (non-hydrogen) atoms. The molecule has 8 heteroatoms. The lowest BCUT2D eigenvalue weighted by atomic mass is 9.89. The number of nitrogens with one attached hydrogen (secondary N) is 3. The Morgan fingerprint density at radius 2 is 1.77 bits per heavy atom. The quantitative estimate of drug-likeness (QED) is 0.398. The number of amides is 2. The Bertz CT molecular complexity index is 615. The zero-order valence-electron chi connectivity index (χ0n) is 14.9. The maximum Gasteiger partial charge on any atom is 0.257 e. The fraction of sp³-hybridized carbons (Fsp3) is 0.500. The van der Waals surface area contributed by atoms with Crippen molar-refractivity contribution >= 4 is 29.1 Å². The van der Waals surface area contributed by atoms with Crippen molar-refractivity contribution in [2.75, 3.05) is 20.3 Å². The Morgan fingerprint density at radius 1 is 1.08 bits per heavy atom. The average molecular weight is 379 g/mol. The van der Waals surface area contributed by atoms with Crippen molar-refractivity contribution in [3.63, 3.8) is 0 Å². The molecule has 142 valence electrons. The zero-order chi connectivity index (χ0) is 18.8. The van der Waals surface area contributed by atoms with E-state index >= 15 is 0 Å². The summed E-state index contributed by atoms with van der Waals surface area (Å²) in [6.45, 7) is 0.936. The lowest BCUT2D eigenvalue weighted by Gasteiger charge is -2.21. The molecule has 0 heterocycles. The Labute approximate surface area is 158 Å². The first kappa shape index (κ1) is 20.1. The van der Waals surface area contributed by atoms with Crippen LogP contribution in [0.25, 0.3) is 0 Å². The maximum atomic E-state index is 12.2. The molecule has 0 unspecified atom stereocenters. The molecular weight excluding hydrogens is 354 g/mol. The first-order chi connectivity index (χ1) is 12.6. The topological polar surface area (TPSA) is 88.7 Å². The molecule has 7 nitrogen and oxygen atoms in total. The highest BCUT2D eigenvalue weighted by Crippen LogP contribution is 2.23. The largest absolute Gasteiger partial charge is 0.491 e. The van der Waals surface area contributed by atoms with E-state index in [4.69, 9.17) is 21.7 Å². The van der Waals surface area contributed by atoms with E-state index in [9.17, 15) is 9.59 Å². The van der Waals surface area contributed by atoms with Gasteiger partial charge in [0.15, 0.2) is 5.11 Å². The minimum Gasteiger partial charge on any atom is -0.491 e. The van der Waals surface area contributed by atoms with Gasteiger partial charge in [-0.3, -0.25) is 25.8 Å². The van der Waals surface area contributed by atoms with Crippen LogP contribution in [-0.4, -0.2) is 37.3 Å². The first-order valence-corrected chi connectivity index (χ1v) is 9.14. The van der Waals surface area contributed by atoms with Gasteiger partial charge >= 0.3 is 0 Å². The molecule has 1 saturated carbocycles. The Balaban J connectivity index is 1.73. The molecule has 1 aliphatic carbocycles. The van der Waals surface area contributed by atoms with Crippen LogP contribution in [0.5, 0.6) is 5.75 Å². The van der Waals surface area contributed by atoms with Crippen LogP contribution in [0.4, 0.5) is 0 Å². The van der Waals surface area contributed by atoms with Crippen LogP contribution in [0.1, 0.15) is 42.5 Å². The molecule has 0 bridgehead atoms. The van der Waals surface area contributed by atoms with Crippen LogP contribution in [0, 0.1) is 5.92 Å². The third-order valence-electron chi connectivity index (χ3n) is 4.17. The number of hydrogen-bond acceptors (Lipinski definition) is 5. The predicted octanol–water partition coefficient (Wildman–Crippen LogP) is 1.93. The third kappa shape index (κ3) is 6.61. The summed E-state index contributed by atoms with van der Waals surface area (Å²) in [6.07, 6.45) is 5.12. The highest BCUT2D eigenvalue weighted by atomic mass is 32.1. The smallest absolute Gasteiger partial charge is 0.257 e. The molecule has 1 fully saturated rings. The maximum absolute atomic E-state index is 12.2. The second-order valence-electron chi connectivity index (χ2n) is 6.10. The molecule has 0 aliphatic heterocycles. The third-order valence-corrected chi connectivity index (χ3v) is 4.38. The first-order valence-electron chi connectivity index (χ1n) is 8.73. The highest BCUT2D eigenvalue weighted by molar-refractivity contribution is 7.80. The number of carbonyl (C=O) groups excluding carboxylic acids is 2. The van der Waals surface area contributed by atoms with Crippen LogP contribution in [0.3, 0.4) is 0 Å². The number of hydrazine groups is 1. The lowest BCUT2D eigenvalue weighted by molar-refractivity contribution is -0.126. The predicted molar refractivity (Wildman–Crippen MR) is 102 cm³/mol. The summed E-state index contributed by atoms with van der Waals surface area (Å²) in [7, 11) is 1.60. The number of benzene rings is 1. The van der Waals surface area contributed by atoms with Gasteiger partial charge in [0.1, 0.15) is 12.4 Å². The molecule has 1 aromatic rings. The normalized spacial score (nSPS) is 14.3. The van der Waals surface area contributed by atoms with Crippen molar-refractivity contribution in [2.24, 2.45) is 5.92 Å². The van der Waals surface area contributed by atoms with E-state index < -0.39 is 0 Å². The summed E-state index contributed by atoms with van der Waals surface area (Å²) < 4.78 is 10.3. The molecule has 0 atom stereocenters. The van der Waals surface area contributed by atoms with Gasteiger partial charge in [-0.1, -0.05) is 19.3 Å². The SMILES string of the molecule is COCCOc1ccc(C(=O)NC(=S)NNC(=O)C2CCCCC2)cc1. The number of ether oxygens (including phenoxy) is 2. The molecule has 2 rings (SSSR count). The molecule has 2 amide bonds. The fourth-order valence-corrected chi connectivity index (χ4v) is 2.88. The van der Waals surface area contributed by atoms with E-state index in [1.807, 2.05) is 0 Å². The van der Waals surface area contributed by atoms with Gasteiger partial charge in [0.2, 0.25) is 5.91 Å². The van der Waals surface area contributed by atoms with Gasteiger partial charge in [-0.2, -0.15) is 0 Å². The standard InChI is InChI=1S/C18H25N3O4S/c1-24-11-12-25-15-9-7-14(8-10-15)16(22)19-18(26)21-20-17(23)13-5-3-2-4-6-13/h7-10,13H,2-6,11-12H2,1H3,(H,20,23)(H2,19,21,22,26). The Kier molecular flexibility index (Phi) is 8.30. The molecule has 1 aliphatic rings. The summed E-state index contributed by atoms with van der Waals surface area (Å²) >= 11 is 5.05. The van der Waals surface area contributed by atoms with Gasteiger partial charge < -0.3 is 9.47 Å². The van der Waals surface area contributed by atoms with Crippen molar-refractivity contribution in [2.45, 2.75) is 32.1 Å². The van der Waals surface area contributed by atoms with Gasteiger partial charge in [0.25, 0.3) is 5.91 Å². The second kappa shape index (κ2) is 10.7. The van der Waals surface area contributed by atoms with Crippen LogP contribution in [0.15, 0.2) is 24.3 Å². The van der Waals surface area contributed by atoms with E-state index in [2.05, 4.69) is 16.2 Å². The van der Waals surface area contributed by atoms with Crippen molar-refractivity contribution in [1.82, 2.24) is 16.2 Å². The summed E-state index contributed by atoms with van der Waals surface area (Å²) in [5.41, 5.74) is 5.59. The Hall–Kier alpha value is -2.19. The van der Waals surface area contributed by atoms with E-state index in [0.717, 1.165) is 25.7 Å². The van der Waals surface area contributed by atoms with Gasteiger partial charge in [0, 0.05) is 18.6 Å². The monoisotopic (exact) mass is 379 g/mol. The number of thiocarbonyl (C=S) groups is 1.